The van der Waals surface area contributed by atoms with Crippen LogP contribution in [0.5, 0.6) is 5.75 Å². The van der Waals surface area contributed by atoms with E-state index in [0.717, 1.165) is 0 Å². The van der Waals surface area contributed by atoms with Crippen LogP contribution in [-0.4, -0.2) is 54.1 Å². The second kappa shape index (κ2) is 10.7. The molecule has 2 aromatic carbocycles. The van der Waals surface area contributed by atoms with Crippen LogP contribution >= 0.6 is 0 Å². The molecule has 43 heavy (non-hydrogen) atoms. The van der Waals surface area contributed by atoms with Gasteiger partial charge in [0.15, 0.2) is 5.75 Å². The number of benzene rings is 2. The standard InChI is InChI=1S/C30H33FN6O6/c1-17-14-21(15-18(2)26(17)31)36-27(25-19(3)33(11-10-22(25)32-36)29(39)43-30(4,5)6)35-13-12-34(28(35)38)20-8-9-23(37(40)41)24(16-20)42-7/h8-9,12-16,19H,10-11H2,1-7H3/t19-/m0/s1. The SMILES string of the molecule is COc1cc(-n2ccn(-c3c4c(nn3-c3cc(C)c(F)c(C)c3)CCN(C(=O)OC(C)(C)C)[C@H]4C)c2=O)ccc1[N+](=O)[O-]. The molecule has 1 amide bonds. The molecule has 3 heterocycles. The molecule has 4 aromatic rings. The van der Waals surface area contributed by atoms with Crippen molar-refractivity contribution in [3.63, 3.8) is 0 Å². The van der Waals surface area contributed by atoms with E-state index in [0.29, 0.717) is 52.5 Å². The molecule has 12 nitrogen and oxygen atoms in total. The van der Waals surface area contributed by atoms with Crippen molar-refractivity contribution in [2.24, 2.45) is 0 Å². The highest BCUT2D eigenvalue weighted by molar-refractivity contribution is 5.70. The second-order valence-electron chi connectivity index (χ2n) is 11.5. The highest BCUT2D eigenvalue weighted by Crippen LogP contribution is 2.36. The summed E-state index contributed by atoms with van der Waals surface area (Å²) in [6.07, 6.45) is 3.02. The monoisotopic (exact) mass is 592 g/mol. The van der Waals surface area contributed by atoms with Crippen molar-refractivity contribution >= 4 is 11.8 Å². The highest BCUT2D eigenvalue weighted by Gasteiger charge is 2.37. The average molecular weight is 593 g/mol. The van der Waals surface area contributed by atoms with E-state index >= 15 is 0 Å². The summed E-state index contributed by atoms with van der Waals surface area (Å²) in [7, 11) is 1.31. The van der Waals surface area contributed by atoms with Crippen molar-refractivity contribution < 1.29 is 23.6 Å². The van der Waals surface area contributed by atoms with Gasteiger partial charge in [-0.1, -0.05) is 0 Å². The summed E-state index contributed by atoms with van der Waals surface area (Å²) in [5.74, 6) is 0.0596. The van der Waals surface area contributed by atoms with Gasteiger partial charge in [-0.3, -0.25) is 19.2 Å². The van der Waals surface area contributed by atoms with Gasteiger partial charge in [0.2, 0.25) is 0 Å². The van der Waals surface area contributed by atoms with E-state index in [1.807, 2.05) is 6.92 Å². The Hall–Kier alpha value is -4.94. The number of carbonyl (C=O) groups excluding carboxylic acids is 1. The van der Waals surface area contributed by atoms with Crippen molar-refractivity contribution in [2.75, 3.05) is 13.7 Å². The Balaban J connectivity index is 1.71. The summed E-state index contributed by atoms with van der Waals surface area (Å²) < 4.78 is 29.8. The van der Waals surface area contributed by atoms with E-state index in [-0.39, 0.29) is 17.3 Å². The summed E-state index contributed by atoms with van der Waals surface area (Å²) in [6.45, 7) is 10.9. The summed E-state index contributed by atoms with van der Waals surface area (Å²) in [6, 6.07) is 6.94. The van der Waals surface area contributed by atoms with Crippen LogP contribution in [0, 0.1) is 29.8 Å². The van der Waals surface area contributed by atoms with Crippen LogP contribution in [0.3, 0.4) is 0 Å². The number of aromatic nitrogens is 4. The van der Waals surface area contributed by atoms with Crippen molar-refractivity contribution in [2.45, 2.75) is 59.6 Å². The first-order valence-electron chi connectivity index (χ1n) is 13.7. The summed E-state index contributed by atoms with van der Waals surface area (Å²) in [4.78, 5) is 39.6. The van der Waals surface area contributed by atoms with Gasteiger partial charge in [0.25, 0.3) is 0 Å². The number of hydrogen-bond acceptors (Lipinski definition) is 7. The normalized spacial score (nSPS) is 14.9. The van der Waals surface area contributed by atoms with Gasteiger partial charge < -0.3 is 14.4 Å². The minimum atomic E-state index is -0.701. The summed E-state index contributed by atoms with van der Waals surface area (Å²) >= 11 is 0. The number of amides is 1. The largest absolute Gasteiger partial charge is 0.490 e. The number of carbonyl (C=O) groups is 1. The van der Waals surface area contributed by atoms with Crippen LogP contribution in [0.2, 0.25) is 0 Å². The molecule has 1 aliphatic rings. The molecule has 0 spiro atoms. The molecule has 226 valence electrons. The zero-order valence-electron chi connectivity index (χ0n) is 25.0. The Morgan fingerprint density at radius 3 is 2.35 bits per heavy atom. The molecule has 0 saturated carbocycles. The van der Waals surface area contributed by atoms with E-state index in [1.54, 1.807) is 62.5 Å². The maximum atomic E-state index is 14.6. The van der Waals surface area contributed by atoms with E-state index in [9.17, 15) is 24.1 Å². The third-order valence-corrected chi connectivity index (χ3v) is 7.39. The maximum Gasteiger partial charge on any atom is 0.410 e. The van der Waals surface area contributed by atoms with Crippen LogP contribution in [-0.2, 0) is 11.2 Å². The van der Waals surface area contributed by atoms with Gasteiger partial charge in [-0.25, -0.2) is 18.7 Å². The minimum Gasteiger partial charge on any atom is -0.490 e. The van der Waals surface area contributed by atoms with Gasteiger partial charge in [-0.05, 0) is 70.9 Å². The fraction of sp³-hybridized carbons (Fsp3) is 0.367. The molecule has 2 aromatic heterocycles. The number of halogens is 1. The summed E-state index contributed by atoms with van der Waals surface area (Å²) in [5, 5.41) is 16.3. The second-order valence-corrected chi connectivity index (χ2v) is 11.5. The number of rotatable bonds is 5. The molecule has 1 aliphatic heterocycles. The number of nitrogens with zero attached hydrogens (tertiary/aromatic N) is 6. The Labute approximate surface area is 247 Å². The molecule has 0 N–H and O–H groups in total. The van der Waals surface area contributed by atoms with Crippen molar-refractivity contribution in [1.29, 1.82) is 0 Å². The number of fused-ring (bicyclic) bond motifs is 1. The van der Waals surface area contributed by atoms with Crippen LogP contribution in [0.1, 0.15) is 56.1 Å². The fourth-order valence-corrected chi connectivity index (χ4v) is 5.38. The van der Waals surface area contributed by atoms with Gasteiger partial charge in [0, 0.05) is 43.1 Å². The molecule has 1 atom stereocenters. The first kappa shape index (κ1) is 29.5. The maximum absolute atomic E-state index is 14.6. The number of ether oxygens (including phenoxy) is 2. The Morgan fingerprint density at radius 2 is 1.74 bits per heavy atom. The zero-order valence-corrected chi connectivity index (χ0v) is 25.0. The molecule has 0 bridgehead atoms. The van der Waals surface area contributed by atoms with Gasteiger partial charge >= 0.3 is 17.5 Å². The lowest BCUT2D eigenvalue weighted by molar-refractivity contribution is -0.385. The quantitative estimate of drug-likeness (QED) is 0.226. The van der Waals surface area contributed by atoms with Gasteiger partial charge in [-0.15, -0.1) is 0 Å². The number of methoxy groups -OCH3 is 1. The van der Waals surface area contributed by atoms with E-state index in [2.05, 4.69) is 0 Å². The molecule has 5 rings (SSSR count). The molecule has 0 unspecified atom stereocenters. The lowest BCUT2D eigenvalue weighted by atomic mass is 10.00. The van der Waals surface area contributed by atoms with Gasteiger partial charge in [-0.2, -0.15) is 5.10 Å². The van der Waals surface area contributed by atoms with Gasteiger partial charge in [0.1, 0.15) is 17.2 Å². The Bertz CT molecular complexity index is 1790. The Morgan fingerprint density at radius 1 is 1.09 bits per heavy atom. The lowest BCUT2D eigenvalue weighted by Crippen LogP contribution is -2.42. The van der Waals surface area contributed by atoms with E-state index < -0.39 is 28.3 Å². The molecule has 0 aliphatic carbocycles. The lowest BCUT2D eigenvalue weighted by Gasteiger charge is -2.34. The van der Waals surface area contributed by atoms with Crippen LogP contribution in [0.4, 0.5) is 14.9 Å². The zero-order chi connectivity index (χ0) is 31.4. The number of nitro benzene ring substituents is 1. The highest BCUT2D eigenvalue weighted by atomic mass is 19.1. The third-order valence-electron chi connectivity index (χ3n) is 7.39. The molecular formula is C30H33FN6O6. The van der Waals surface area contributed by atoms with Crippen molar-refractivity contribution in [3.8, 4) is 22.9 Å². The molecular weight excluding hydrogens is 559 g/mol. The Kier molecular flexibility index (Phi) is 7.36. The van der Waals surface area contributed by atoms with Crippen LogP contribution in [0.15, 0.2) is 47.5 Å². The van der Waals surface area contributed by atoms with Crippen molar-refractivity contribution in [1.82, 2.24) is 23.8 Å². The number of nitro groups is 1. The smallest absolute Gasteiger partial charge is 0.410 e. The molecule has 13 heteroatoms. The number of hydrogen-bond donors (Lipinski definition) is 0. The first-order chi connectivity index (χ1) is 20.2. The molecule has 0 radical (unpaired) electrons. The van der Waals surface area contributed by atoms with E-state index in [1.165, 1.54) is 40.6 Å². The molecule has 0 fully saturated rings. The van der Waals surface area contributed by atoms with E-state index in [4.69, 9.17) is 14.6 Å². The molecule has 0 saturated heterocycles. The predicted octanol–water partition coefficient (Wildman–Crippen LogP) is 5.34. The van der Waals surface area contributed by atoms with Crippen LogP contribution in [0.25, 0.3) is 17.2 Å². The topological polar surface area (TPSA) is 127 Å². The third kappa shape index (κ3) is 5.26. The number of imidazole rings is 1. The minimum absolute atomic E-state index is 0.00320. The fourth-order valence-electron chi connectivity index (χ4n) is 5.38. The predicted molar refractivity (Wildman–Crippen MR) is 156 cm³/mol. The number of aryl methyl sites for hydroxylation is 2. The van der Waals surface area contributed by atoms with Crippen LogP contribution < -0.4 is 10.4 Å². The van der Waals surface area contributed by atoms with Crippen molar-refractivity contribution in [3.05, 3.63) is 91.5 Å². The van der Waals surface area contributed by atoms with Gasteiger partial charge in [0.05, 0.1) is 35.1 Å². The first-order valence-corrected chi connectivity index (χ1v) is 13.7. The summed E-state index contributed by atoms with van der Waals surface area (Å²) in [5.41, 5.74) is 1.66. The average Bonchev–Trinajstić information content (AvgIpc) is 3.50.